The van der Waals surface area contributed by atoms with Gasteiger partial charge in [-0.05, 0) is 40.3 Å². The van der Waals surface area contributed by atoms with Crippen LogP contribution in [0, 0.1) is 14.9 Å². The Hall–Kier alpha value is -0.610. The highest BCUT2D eigenvalue weighted by molar-refractivity contribution is 14.1. The smallest absolute Gasteiger partial charge is 0.310 e. The first-order valence-electron chi connectivity index (χ1n) is 4.04. The van der Waals surface area contributed by atoms with Crippen LogP contribution in [0.2, 0.25) is 0 Å². The number of esters is 1. The number of halogens is 2. The van der Waals surface area contributed by atoms with E-state index in [0.717, 1.165) is 8.04 Å². The third kappa shape index (κ3) is 2.92. The van der Waals surface area contributed by atoms with Crippen molar-refractivity contribution < 1.29 is 9.53 Å². The van der Waals surface area contributed by atoms with E-state index in [1.807, 2.05) is 12.1 Å². The van der Waals surface area contributed by atoms with Crippen molar-refractivity contribution in [3.63, 3.8) is 0 Å². The number of carbonyl (C=O) groups excluding carboxylic acids is 1. The van der Waals surface area contributed by atoms with E-state index >= 15 is 0 Å². The van der Waals surface area contributed by atoms with E-state index < -0.39 is 0 Å². The second-order valence-corrected chi connectivity index (χ2v) is 4.76. The van der Waals surface area contributed by atoms with Crippen molar-refractivity contribution in [2.45, 2.75) is 6.42 Å². The van der Waals surface area contributed by atoms with Crippen LogP contribution in [-0.2, 0) is 16.0 Å². The third-order valence-electron chi connectivity index (χ3n) is 1.87. The molecule has 0 unspecified atom stereocenters. The molecule has 0 aromatic heterocycles. The highest BCUT2D eigenvalue weighted by atomic mass is 127. The zero-order valence-corrected chi connectivity index (χ0v) is 11.6. The van der Waals surface area contributed by atoms with E-state index in [1.165, 1.54) is 7.11 Å². The molecule has 0 atom stereocenters. The maximum absolute atomic E-state index is 11.2. The predicted molar refractivity (Wildman–Crippen MR) is 67.3 cm³/mol. The molecule has 0 bridgehead atoms. The van der Waals surface area contributed by atoms with Gasteiger partial charge in [-0.15, -0.1) is 0 Å². The standard InChI is InChI=1S/C10H7BrINO2/c1-15-10(14)4-6-7(5-13)9(12)3-2-8(6)11/h2-3H,4H2,1H3. The Balaban J connectivity index is 3.21. The molecule has 0 heterocycles. The fourth-order valence-corrected chi connectivity index (χ4v) is 2.20. The van der Waals surface area contributed by atoms with Gasteiger partial charge >= 0.3 is 5.97 Å². The van der Waals surface area contributed by atoms with Crippen molar-refractivity contribution in [3.8, 4) is 6.07 Å². The van der Waals surface area contributed by atoms with E-state index in [0.29, 0.717) is 11.1 Å². The predicted octanol–water partition coefficient (Wildman–Crippen LogP) is 2.64. The number of hydrogen-bond donors (Lipinski definition) is 0. The molecule has 0 aliphatic rings. The highest BCUT2D eigenvalue weighted by Gasteiger charge is 2.14. The average Bonchev–Trinajstić information content (AvgIpc) is 2.23. The summed E-state index contributed by atoms with van der Waals surface area (Å²) >= 11 is 5.38. The number of benzene rings is 1. The van der Waals surface area contributed by atoms with Crippen LogP contribution in [0.5, 0.6) is 0 Å². The van der Waals surface area contributed by atoms with Gasteiger partial charge in [-0.3, -0.25) is 4.79 Å². The minimum Gasteiger partial charge on any atom is -0.469 e. The van der Waals surface area contributed by atoms with Crippen LogP contribution in [0.15, 0.2) is 16.6 Å². The Morgan fingerprint density at radius 3 is 2.87 bits per heavy atom. The number of hydrogen-bond acceptors (Lipinski definition) is 3. The van der Waals surface area contributed by atoms with Crippen molar-refractivity contribution in [3.05, 3.63) is 31.3 Å². The maximum atomic E-state index is 11.2. The average molecular weight is 380 g/mol. The fourth-order valence-electron chi connectivity index (χ4n) is 1.10. The van der Waals surface area contributed by atoms with Gasteiger partial charge < -0.3 is 4.74 Å². The number of rotatable bonds is 2. The minimum absolute atomic E-state index is 0.108. The Morgan fingerprint density at radius 1 is 1.67 bits per heavy atom. The molecule has 0 saturated heterocycles. The SMILES string of the molecule is COC(=O)Cc1c(Br)ccc(I)c1C#N. The van der Waals surface area contributed by atoms with Crippen LogP contribution in [0.3, 0.4) is 0 Å². The Kier molecular flexibility index (Phi) is 4.54. The van der Waals surface area contributed by atoms with Gasteiger partial charge in [0.1, 0.15) is 6.07 Å². The molecule has 5 heteroatoms. The molecule has 3 nitrogen and oxygen atoms in total. The molecule has 0 saturated carbocycles. The topological polar surface area (TPSA) is 50.1 Å². The van der Waals surface area contributed by atoms with Gasteiger partial charge in [0, 0.05) is 8.04 Å². The van der Waals surface area contributed by atoms with E-state index in [4.69, 9.17) is 5.26 Å². The molecule has 1 aromatic rings. The molecule has 15 heavy (non-hydrogen) atoms. The van der Waals surface area contributed by atoms with Gasteiger partial charge in [0.05, 0.1) is 19.1 Å². The van der Waals surface area contributed by atoms with Crippen LogP contribution in [0.4, 0.5) is 0 Å². The van der Waals surface area contributed by atoms with Crippen LogP contribution in [0.1, 0.15) is 11.1 Å². The molecular formula is C10H7BrINO2. The molecular weight excluding hydrogens is 373 g/mol. The summed E-state index contributed by atoms with van der Waals surface area (Å²) in [5.74, 6) is -0.353. The minimum atomic E-state index is -0.353. The van der Waals surface area contributed by atoms with Crippen LogP contribution in [-0.4, -0.2) is 13.1 Å². The van der Waals surface area contributed by atoms with Crippen molar-refractivity contribution in [2.75, 3.05) is 7.11 Å². The summed E-state index contributed by atoms with van der Waals surface area (Å²) in [4.78, 5) is 11.2. The quantitative estimate of drug-likeness (QED) is 0.586. The van der Waals surface area contributed by atoms with E-state index in [1.54, 1.807) is 0 Å². The molecule has 0 N–H and O–H groups in total. The first-order valence-corrected chi connectivity index (χ1v) is 5.91. The number of nitrogens with zero attached hydrogens (tertiary/aromatic N) is 1. The largest absolute Gasteiger partial charge is 0.469 e. The van der Waals surface area contributed by atoms with Gasteiger partial charge in [0.15, 0.2) is 0 Å². The van der Waals surface area contributed by atoms with E-state index in [2.05, 4.69) is 49.3 Å². The van der Waals surface area contributed by atoms with Gasteiger partial charge in [-0.2, -0.15) is 5.26 Å². The van der Waals surface area contributed by atoms with Crippen LogP contribution < -0.4 is 0 Å². The third-order valence-corrected chi connectivity index (χ3v) is 3.51. The molecule has 1 aromatic carbocycles. The molecule has 0 spiro atoms. The number of ether oxygens (including phenoxy) is 1. The number of methoxy groups -OCH3 is 1. The van der Waals surface area contributed by atoms with Gasteiger partial charge in [0.2, 0.25) is 0 Å². The maximum Gasteiger partial charge on any atom is 0.310 e. The molecule has 78 valence electrons. The van der Waals surface area contributed by atoms with Crippen molar-refractivity contribution in [1.29, 1.82) is 5.26 Å². The summed E-state index contributed by atoms with van der Waals surface area (Å²) < 4.78 is 6.16. The normalized spacial score (nSPS) is 9.47. The molecule has 1 rings (SSSR count). The molecule has 0 radical (unpaired) electrons. The number of carbonyl (C=O) groups is 1. The summed E-state index contributed by atoms with van der Waals surface area (Å²) in [5, 5.41) is 8.98. The van der Waals surface area contributed by atoms with Crippen molar-refractivity contribution >= 4 is 44.5 Å². The molecule has 0 amide bonds. The fraction of sp³-hybridized carbons (Fsp3) is 0.200. The highest BCUT2D eigenvalue weighted by Crippen LogP contribution is 2.25. The lowest BCUT2D eigenvalue weighted by Crippen LogP contribution is -2.07. The Bertz CT molecular complexity index is 440. The summed E-state index contributed by atoms with van der Waals surface area (Å²) in [6, 6.07) is 5.73. The van der Waals surface area contributed by atoms with Crippen LogP contribution in [0.25, 0.3) is 0 Å². The van der Waals surface area contributed by atoms with Crippen LogP contribution >= 0.6 is 38.5 Å². The second kappa shape index (κ2) is 5.47. The lowest BCUT2D eigenvalue weighted by molar-refractivity contribution is -0.139. The number of nitriles is 1. The zero-order chi connectivity index (χ0) is 11.4. The first-order chi connectivity index (χ1) is 7.10. The van der Waals surface area contributed by atoms with Gasteiger partial charge in [0.25, 0.3) is 0 Å². The molecule has 0 aliphatic carbocycles. The van der Waals surface area contributed by atoms with E-state index in [9.17, 15) is 4.79 Å². The van der Waals surface area contributed by atoms with Crippen molar-refractivity contribution in [1.82, 2.24) is 0 Å². The summed E-state index contributed by atoms with van der Waals surface area (Å²) in [7, 11) is 1.33. The molecule has 0 aliphatic heterocycles. The van der Waals surface area contributed by atoms with E-state index in [-0.39, 0.29) is 12.4 Å². The lowest BCUT2D eigenvalue weighted by atomic mass is 10.1. The Morgan fingerprint density at radius 2 is 2.33 bits per heavy atom. The van der Waals surface area contributed by atoms with Crippen molar-refractivity contribution in [2.24, 2.45) is 0 Å². The summed E-state index contributed by atoms with van der Waals surface area (Å²) in [5.41, 5.74) is 1.20. The summed E-state index contributed by atoms with van der Waals surface area (Å²) in [6.45, 7) is 0. The first kappa shape index (κ1) is 12.5. The van der Waals surface area contributed by atoms with Gasteiger partial charge in [-0.1, -0.05) is 15.9 Å². The molecule has 0 fully saturated rings. The lowest BCUT2D eigenvalue weighted by Gasteiger charge is -2.07. The zero-order valence-electron chi connectivity index (χ0n) is 7.88. The monoisotopic (exact) mass is 379 g/mol. The second-order valence-electron chi connectivity index (χ2n) is 2.75. The summed E-state index contributed by atoms with van der Waals surface area (Å²) in [6.07, 6.45) is 0.108. The Labute approximate surface area is 110 Å². The van der Waals surface area contributed by atoms with Gasteiger partial charge in [-0.25, -0.2) is 0 Å².